The van der Waals surface area contributed by atoms with Crippen LogP contribution in [0.25, 0.3) is 10.9 Å². The van der Waals surface area contributed by atoms with Gasteiger partial charge in [-0.15, -0.1) is 0 Å². The Morgan fingerprint density at radius 3 is 2.69 bits per heavy atom. The standard InChI is InChI=1S/C13H16BrNO/c1-9(2)15-12(8-16-3)6-10-4-5-11(14)7-13(10)15/h4-7,9H,8H2,1-3H3. The molecular formula is C13H16BrNO. The molecule has 1 heterocycles. The summed E-state index contributed by atoms with van der Waals surface area (Å²) in [6.45, 7) is 5.05. The molecule has 0 spiro atoms. The van der Waals surface area contributed by atoms with Crippen molar-refractivity contribution in [3.63, 3.8) is 0 Å². The second-order valence-electron chi connectivity index (χ2n) is 4.24. The fourth-order valence-electron chi connectivity index (χ4n) is 2.12. The zero-order valence-electron chi connectivity index (χ0n) is 9.83. The normalized spacial score (nSPS) is 11.6. The van der Waals surface area contributed by atoms with E-state index >= 15 is 0 Å². The molecule has 0 bridgehead atoms. The zero-order valence-corrected chi connectivity index (χ0v) is 11.4. The highest BCUT2D eigenvalue weighted by atomic mass is 79.9. The third kappa shape index (κ3) is 2.02. The molecule has 0 atom stereocenters. The zero-order chi connectivity index (χ0) is 11.7. The van der Waals surface area contributed by atoms with Crippen LogP contribution in [-0.4, -0.2) is 11.7 Å². The van der Waals surface area contributed by atoms with Crippen LogP contribution >= 0.6 is 15.9 Å². The van der Waals surface area contributed by atoms with Crippen LogP contribution in [0, 0.1) is 0 Å². The van der Waals surface area contributed by atoms with Crippen LogP contribution < -0.4 is 0 Å². The first-order valence-corrected chi connectivity index (χ1v) is 6.21. The Labute approximate surface area is 104 Å². The van der Waals surface area contributed by atoms with Crippen molar-refractivity contribution in [2.45, 2.75) is 26.5 Å². The van der Waals surface area contributed by atoms with Gasteiger partial charge in [0.05, 0.1) is 6.61 Å². The monoisotopic (exact) mass is 281 g/mol. The van der Waals surface area contributed by atoms with Crippen LogP contribution in [0.2, 0.25) is 0 Å². The molecule has 0 aliphatic carbocycles. The number of hydrogen-bond acceptors (Lipinski definition) is 1. The van der Waals surface area contributed by atoms with Gasteiger partial charge >= 0.3 is 0 Å². The highest BCUT2D eigenvalue weighted by Crippen LogP contribution is 2.27. The summed E-state index contributed by atoms with van der Waals surface area (Å²) in [5, 5.41) is 1.27. The van der Waals surface area contributed by atoms with Crippen molar-refractivity contribution >= 4 is 26.8 Å². The molecule has 0 saturated carbocycles. The summed E-state index contributed by atoms with van der Waals surface area (Å²) in [5.41, 5.74) is 2.49. The van der Waals surface area contributed by atoms with Gasteiger partial charge in [0.2, 0.25) is 0 Å². The molecule has 86 valence electrons. The molecule has 1 aromatic carbocycles. The maximum atomic E-state index is 5.25. The number of ether oxygens (including phenoxy) is 1. The van der Waals surface area contributed by atoms with Crippen LogP contribution in [0.3, 0.4) is 0 Å². The molecule has 0 amide bonds. The minimum absolute atomic E-state index is 0.442. The lowest BCUT2D eigenvalue weighted by Crippen LogP contribution is -2.05. The molecular weight excluding hydrogens is 266 g/mol. The molecule has 0 saturated heterocycles. The van der Waals surface area contributed by atoms with E-state index in [4.69, 9.17) is 4.74 Å². The predicted molar refractivity (Wildman–Crippen MR) is 70.7 cm³/mol. The van der Waals surface area contributed by atoms with E-state index < -0.39 is 0 Å². The van der Waals surface area contributed by atoms with E-state index in [1.807, 2.05) is 0 Å². The van der Waals surface area contributed by atoms with E-state index in [1.54, 1.807) is 7.11 Å². The van der Waals surface area contributed by atoms with Crippen molar-refractivity contribution in [3.05, 3.63) is 34.4 Å². The number of rotatable bonds is 3. The van der Waals surface area contributed by atoms with Crippen molar-refractivity contribution in [2.24, 2.45) is 0 Å². The Hall–Kier alpha value is -0.800. The topological polar surface area (TPSA) is 14.2 Å². The maximum absolute atomic E-state index is 5.25. The summed E-state index contributed by atoms with van der Waals surface area (Å²) in [6.07, 6.45) is 0. The molecule has 2 nitrogen and oxygen atoms in total. The van der Waals surface area contributed by atoms with Gasteiger partial charge in [0.15, 0.2) is 0 Å². The molecule has 0 aliphatic rings. The summed E-state index contributed by atoms with van der Waals surface area (Å²) in [6, 6.07) is 9.01. The van der Waals surface area contributed by atoms with Crippen molar-refractivity contribution in [1.29, 1.82) is 0 Å². The summed E-state index contributed by atoms with van der Waals surface area (Å²) in [5.74, 6) is 0. The number of nitrogens with zero attached hydrogens (tertiary/aromatic N) is 1. The number of benzene rings is 1. The maximum Gasteiger partial charge on any atom is 0.0864 e. The minimum atomic E-state index is 0.442. The molecule has 0 N–H and O–H groups in total. The quantitative estimate of drug-likeness (QED) is 0.825. The fourth-order valence-corrected chi connectivity index (χ4v) is 2.47. The Morgan fingerprint density at radius 2 is 2.06 bits per heavy atom. The van der Waals surface area contributed by atoms with Crippen LogP contribution in [0.4, 0.5) is 0 Å². The lowest BCUT2D eigenvalue weighted by molar-refractivity contribution is 0.177. The number of hydrogen-bond donors (Lipinski definition) is 0. The number of halogens is 1. The average Bonchev–Trinajstić information content (AvgIpc) is 2.55. The first kappa shape index (κ1) is 11.7. The molecule has 0 fully saturated rings. The second-order valence-corrected chi connectivity index (χ2v) is 5.15. The van der Waals surface area contributed by atoms with Crippen molar-refractivity contribution in [1.82, 2.24) is 4.57 Å². The third-order valence-electron chi connectivity index (χ3n) is 2.69. The number of aromatic nitrogens is 1. The molecule has 1 aromatic heterocycles. The van der Waals surface area contributed by atoms with Gasteiger partial charge in [-0.25, -0.2) is 0 Å². The van der Waals surface area contributed by atoms with Crippen molar-refractivity contribution < 1.29 is 4.74 Å². The molecule has 0 aliphatic heterocycles. The smallest absolute Gasteiger partial charge is 0.0864 e. The van der Waals surface area contributed by atoms with Crippen molar-refractivity contribution in [3.8, 4) is 0 Å². The van der Waals surface area contributed by atoms with Gasteiger partial charge in [0.1, 0.15) is 0 Å². The molecule has 0 unspecified atom stereocenters. The van der Waals surface area contributed by atoms with E-state index in [0.717, 1.165) is 4.47 Å². The first-order valence-electron chi connectivity index (χ1n) is 5.41. The van der Waals surface area contributed by atoms with E-state index in [0.29, 0.717) is 12.6 Å². The molecule has 2 aromatic rings. The van der Waals surface area contributed by atoms with E-state index in [1.165, 1.54) is 16.6 Å². The third-order valence-corrected chi connectivity index (χ3v) is 3.19. The summed E-state index contributed by atoms with van der Waals surface area (Å²) in [7, 11) is 1.73. The lowest BCUT2D eigenvalue weighted by atomic mass is 10.2. The van der Waals surface area contributed by atoms with E-state index in [2.05, 4.69) is 58.6 Å². The highest BCUT2D eigenvalue weighted by molar-refractivity contribution is 9.10. The Bertz CT molecular complexity index is 502. The number of methoxy groups -OCH3 is 1. The van der Waals surface area contributed by atoms with Gasteiger partial charge in [-0.05, 0) is 32.0 Å². The summed E-state index contributed by atoms with van der Waals surface area (Å²) >= 11 is 3.52. The average molecular weight is 282 g/mol. The Morgan fingerprint density at radius 1 is 1.31 bits per heavy atom. The molecule has 3 heteroatoms. The Balaban J connectivity index is 2.67. The summed E-state index contributed by atoms with van der Waals surface area (Å²) in [4.78, 5) is 0. The van der Waals surface area contributed by atoms with Gasteiger partial charge in [0.25, 0.3) is 0 Å². The van der Waals surface area contributed by atoms with Crippen LogP contribution in [0.15, 0.2) is 28.7 Å². The van der Waals surface area contributed by atoms with Gasteiger partial charge in [-0.3, -0.25) is 0 Å². The summed E-state index contributed by atoms with van der Waals surface area (Å²) < 4.78 is 8.68. The van der Waals surface area contributed by atoms with Gasteiger partial charge < -0.3 is 9.30 Å². The largest absolute Gasteiger partial charge is 0.378 e. The van der Waals surface area contributed by atoms with E-state index in [-0.39, 0.29) is 0 Å². The molecule has 0 radical (unpaired) electrons. The van der Waals surface area contributed by atoms with Gasteiger partial charge in [-0.2, -0.15) is 0 Å². The van der Waals surface area contributed by atoms with Crippen LogP contribution in [0.1, 0.15) is 25.6 Å². The predicted octanol–water partition coefficient (Wildman–Crippen LogP) is 4.13. The minimum Gasteiger partial charge on any atom is -0.378 e. The van der Waals surface area contributed by atoms with Gasteiger partial charge in [-0.1, -0.05) is 22.0 Å². The lowest BCUT2D eigenvalue weighted by Gasteiger charge is -2.14. The van der Waals surface area contributed by atoms with Gasteiger partial charge in [0, 0.05) is 34.2 Å². The van der Waals surface area contributed by atoms with E-state index in [9.17, 15) is 0 Å². The SMILES string of the molecule is COCc1cc2ccc(Br)cc2n1C(C)C. The first-order chi connectivity index (χ1) is 7.63. The second kappa shape index (κ2) is 4.60. The fraction of sp³-hybridized carbons (Fsp3) is 0.385. The highest BCUT2D eigenvalue weighted by Gasteiger charge is 2.11. The van der Waals surface area contributed by atoms with Crippen LogP contribution in [-0.2, 0) is 11.3 Å². The Kier molecular flexibility index (Phi) is 3.36. The molecule has 2 rings (SSSR count). The molecule has 16 heavy (non-hydrogen) atoms. The van der Waals surface area contributed by atoms with Crippen LogP contribution in [0.5, 0.6) is 0 Å². The van der Waals surface area contributed by atoms with Crippen molar-refractivity contribution in [2.75, 3.05) is 7.11 Å². The number of fused-ring (bicyclic) bond motifs is 1.